The summed E-state index contributed by atoms with van der Waals surface area (Å²) >= 11 is 7.57. The zero-order chi connectivity index (χ0) is 12.1. The van der Waals surface area contributed by atoms with Gasteiger partial charge in [0.25, 0.3) is 0 Å². The first-order valence-corrected chi connectivity index (χ1v) is 6.53. The van der Waals surface area contributed by atoms with Crippen LogP contribution in [0.15, 0.2) is 41.4 Å². The molecule has 88 valence electrons. The minimum absolute atomic E-state index is 0.442. The molecule has 0 aliphatic carbocycles. The van der Waals surface area contributed by atoms with Crippen molar-refractivity contribution < 1.29 is 0 Å². The highest BCUT2D eigenvalue weighted by atomic mass is 35.5. The summed E-state index contributed by atoms with van der Waals surface area (Å²) in [6.07, 6.45) is 1.74. The molecule has 0 aliphatic rings. The molecule has 2 N–H and O–H groups in total. The standard InChI is InChI=1S/C12H12ClN3S/c13-9-2-1-3-11(6-9)17-8-12-15-5-4-10(7-14)16-12/h1-6H,7-8,14H2. The highest BCUT2D eigenvalue weighted by Crippen LogP contribution is 2.23. The minimum Gasteiger partial charge on any atom is -0.325 e. The molecule has 2 rings (SSSR count). The lowest BCUT2D eigenvalue weighted by Gasteiger charge is -2.02. The molecule has 0 aliphatic heterocycles. The topological polar surface area (TPSA) is 51.8 Å². The van der Waals surface area contributed by atoms with Crippen LogP contribution in [0.2, 0.25) is 5.02 Å². The van der Waals surface area contributed by atoms with Gasteiger partial charge >= 0.3 is 0 Å². The maximum Gasteiger partial charge on any atom is 0.138 e. The number of thioether (sulfide) groups is 1. The Hall–Kier alpha value is -1.10. The summed E-state index contributed by atoms with van der Waals surface area (Å²) in [5, 5.41) is 0.742. The molecule has 2 aromatic rings. The fourth-order valence-corrected chi connectivity index (χ4v) is 2.40. The van der Waals surface area contributed by atoms with Crippen molar-refractivity contribution in [3.8, 4) is 0 Å². The van der Waals surface area contributed by atoms with Crippen LogP contribution in [0.25, 0.3) is 0 Å². The van der Waals surface area contributed by atoms with Gasteiger partial charge in [-0.15, -0.1) is 11.8 Å². The summed E-state index contributed by atoms with van der Waals surface area (Å²) in [6, 6.07) is 9.56. The summed E-state index contributed by atoms with van der Waals surface area (Å²) in [7, 11) is 0. The molecule has 0 saturated carbocycles. The molecule has 0 spiro atoms. The van der Waals surface area contributed by atoms with Crippen LogP contribution in [0.3, 0.4) is 0 Å². The Morgan fingerprint density at radius 1 is 1.29 bits per heavy atom. The van der Waals surface area contributed by atoms with Gasteiger partial charge in [-0.2, -0.15) is 0 Å². The average Bonchev–Trinajstić information content (AvgIpc) is 2.37. The van der Waals surface area contributed by atoms with Gasteiger partial charge in [-0.1, -0.05) is 17.7 Å². The number of hydrogen-bond donors (Lipinski definition) is 1. The summed E-state index contributed by atoms with van der Waals surface area (Å²) in [4.78, 5) is 9.65. The van der Waals surface area contributed by atoms with E-state index in [4.69, 9.17) is 17.3 Å². The van der Waals surface area contributed by atoms with Gasteiger partial charge in [0.1, 0.15) is 5.82 Å². The van der Waals surface area contributed by atoms with Crippen LogP contribution in [0.5, 0.6) is 0 Å². The first kappa shape index (κ1) is 12.4. The van der Waals surface area contributed by atoms with Gasteiger partial charge in [-0.3, -0.25) is 0 Å². The van der Waals surface area contributed by atoms with Crippen LogP contribution < -0.4 is 5.73 Å². The molecule has 1 aromatic heterocycles. The highest BCUT2D eigenvalue weighted by molar-refractivity contribution is 7.98. The number of rotatable bonds is 4. The summed E-state index contributed by atoms with van der Waals surface area (Å²) in [6.45, 7) is 0.442. The first-order valence-electron chi connectivity index (χ1n) is 5.17. The molecule has 1 heterocycles. The second-order valence-electron chi connectivity index (χ2n) is 3.41. The molecule has 5 heteroatoms. The third kappa shape index (κ3) is 3.70. The van der Waals surface area contributed by atoms with E-state index in [0.29, 0.717) is 12.3 Å². The van der Waals surface area contributed by atoms with Crippen molar-refractivity contribution >= 4 is 23.4 Å². The smallest absolute Gasteiger partial charge is 0.138 e. The van der Waals surface area contributed by atoms with E-state index in [9.17, 15) is 0 Å². The number of nitrogens with two attached hydrogens (primary N) is 1. The normalized spacial score (nSPS) is 10.5. The number of hydrogen-bond acceptors (Lipinski definition) is 4. The Morgan fingerprint density at radius 3 is 2.94 bits per heavy atom. The monoisotopic (exact) mass is 265 g/mol. The molecule has 1 aromatic carbocycles. The van der Waals surface area contributed by atoms with E-state index in [1.54, 1.807) is 18.0 Å². The van der Waals surface area contributed by atoms with Gasteiger partial charge in [-0.05, 0) is 24.3 Å². The highest BCUT2D eigenvalue weighted by Gasteiger charge is 2.00. The Labute approximate surface area is 109 Å². The van der Waals surface area contributed by atoms with E-state index in [1.807, 2.05) is 30.3 Å². The van der Waals surface area contributed by atoms with Crippen LogP contribution in [0, 0.1) is 0 Å². The van der Waals surface area contributed by atoms with Crippen molar-refractivity contribution in [2.45, 2.75) is 17.2 Å². The molecular weight excluding hydrogens is 254 g/mol. The Kier molecular flexibility index (Phi) is 4.36. The van der Waals surface area contributed by atoms with Crippen LogP contribution in [-0.4, -0.2) is 9.97 Å². The van der Waals surface area contributed by atoms with Crippen molar-refractivity contribution in [3.63, 3.8) is 0 Å². The molecule has 0 fully saturated rings. The predicted octanol–water partition coefficient (Wildman–Crippen LogP) is 2.88. The first-order chi connectivity index (χ1) is 8.28. The van der Waals surface area contributed by atoms with Crippen molar-refractivity contribution in [3.05, 3.63) is 53.1 Å². The summed E-state index contributed by atoms with van der Waals surface area (Å²) in [5.41, 5.74) is 6.39. The molecule has 0 amide bonds. The van der Waals surface area contributed by atoms with E-state index >= 15 is 0 Å². The van der Waals surface area contributed by atoms with Gasteiger partial charge < -0.3 is 5.73 Å². The van der Waals surface area contributed by atoms with Crippen LogP contribution in [0.4, 0.5) is 0 Å². The average molecular weight is 266 g/mol. The van der Waals surface area contributed by atoms with Crippen molar-refractivity contribution in [2.24, 2.45) is 5.73 Å². The second kappa shape index (κ2) is 6.00. The predicted molar refractivity (Wildman–Crippen MR) is 70.9 cm³/mol. The lowest BCUT2D eigenvalue weighted by molar-refractivity contribution is 0.918. The molecular formula is C12H12ClN3S. The van der Waals surface area contributed by atoms with Crippen molar-refractivity contribution in [1.29, 1.82) is 0 Å². The molecule has 3 nitrogen and oxygen atoms in total. The zero-order valence-electron chi connectivity index (χ0n) is 9.14. The minimum atomic E-state index is 0.442. The van der Waals surface area contributed by atoms with Crippen LogP contribution in [-0.2, 0) is 12.3 Å². The van der Waals surface area contributed by atoms with Crippen LogP contribution in [0.1, 0.15) is 11.5 Å². The quantitative estimate of drug-likeness (QED) is 0.864. The van der Waals surface area contributed by atoms with E-state index < -0.39 is 0 Å². The van der Waals surface area contributed by atoms with E-state index in [0.717, 1.165) is 21.4 Å². The fourth-order valence-electron chi connectivity index (χ4n) is 1.33. The lowest BCUT2D eigenvalue weighted by atomic mass is 10.4. The maximum absolute atomic E-state index is 5.91. The van der Waals surface area contributed by atoms with Crippen LogP contribution >= 0.6 is 23.4 Å². The second-order valence-corrected chi connectivity index (χ2v) is 4.90. The Balaban J connectivity index is 2.02. The summed E-state index contributed by atoms with van der Waals surface area (Å²) < 4.78 is 0. The van der Waals surface area contributed by atoms with Crippen molar-refractivity contribution in [1.82, 2.24) is 9.97 Å². The molecule has 0 unspecified atom stereocenters. The third-order valence-corrected chi connectivity index (χ3v) is 3.36. The zero-order valence-corrected chi connectivity index (χ0v) is 10.7. The van der Waals surface area contributed by atoms with Crippen molar-refractivity contribution in [2.75, 3.05) is 0 Å². The Morgan fingerprint density at radius 2 is 2.18 bits per heavy atom. The number of benzene rings is 1. The van der Waals surface area contributed by atoms with Gasteiger partial charge in [0.05, 0.1) is 11.4 Å². The van der Waals surface area contributed by atoms with Gasteiger partial charge in [0.15, 0.2) is 0 Å². The number of halogens is 1. The SMILES string of the molecule is NCc1ccnc(CSc2cccc(Cl)c2)n1. The third-order valence-electron chi connectivity index (χ3n) is 2.14. The van der Waals surface area contributed by atoms with Gasteiger partial charge in [-0.25, -0.2) is 9.97 Å². The van der Waals surface area contributed by atoms with Gasteiger partial charge in [0.2, 0.25) is 0 Å². The summed E-state index contributed by atoms with van der Waals surface area (Å²) in [5.74, 6) is 1.51. The molecule has 0 radical (unpaired) electrons. The number of aromatic nitrogens is 2. The maximum atomic E-state index is 5.91. The van der Waals surface area contributed by atoms with E-state index in [-0.39, 0.29) is 0 Å². The largest absolute Gasteiger partial charge is 0.325 e. The fraction of sp³-hybridized carbons (Fsp3) is 0.167. The molecule has 0 saturated heterocycles. The Bertz CT molecular complexity index is 505. The van der Waals surface area contributed by atoms with Gasteiger partial charge in [0, 0.05) is 22.7 Å². The number of nitrogens with zero attached hydrogens (tertiary/aromatic N) is 2. The lowest BCUT2D eigenvalue weighted by Crippen LogP contribution is -2.02. The van der Waals surface area contributed by atoms with E-state index in [1.165, 1.54) is 0 Å². The molecule has 0 bridgehead atoms. The molecule has 17 heavy (non-hydrogen) atoms. The van der Waals surface area contributed by atoms with E-state index in [2.05, 4.69) is 9.97 Å². The molecule has 0 atom stereocenters.